The van der Waals surface area contributed by atoms with Crippen molar-refractivity contribution in [3.8, 4) is 23.0 Å². The lowest BCUT2D eigenvalue weighted by Gasteiger charge is -2.11. The quantitative estimate of drug-likeness (QED) is 0.528. The van der Waals surface area contributed by atoms with E-state index < -0.39 is 0 Å². The van der Waals surface area contributed by atoms with Gasteiger partial charge in [0, 0.05) is 6.07 Å². The van der Waals surface area contributed by atoms with Crippen molar-refractivity contribution in [1.82, 2.24) is 9.66 Å². The van der Waals surface area contributed by atoms with Crippen molar-refractivity contribution >= 4 is 17.1 Å². The molecule has 0 radical (unpaired) electrons. The van der Waals surface area contributed by atoms with Crippen molar-refractivity contribution in [2.24, 2.45) is 5.10 Å². The summed E-state index contributed by atoms with van der Waals surface area (Å²) in [5, 5.41) is 4.74. The van der Waals surface area contributed by atoms with Crippen LogP contribution in [0.3, 0.4) is 0 Å². The van der Waals surface area contributed by atoms with Crippen molar-refractivity contribution in [3.05, 3.63) is 52.1 Å². The van der Waals surface area contributed by atoms with Gasteiger partial charge in [-0.2, -0.15) is 9.78 Å². The van der Waals surface area contributed by atoms with Crippen LogP contribution in [0.25, 0.3) is 10.9 Å². The van der Waals surface area contributed by atoms with Crippen molar-refractivity contribution in [3.63, 3.8) is 0 Å². The predicted octanol–water partition coefficient (Wildman–Crippen LogP) is 3.40. The van der Waals surface area contributed by atoms with E-state index in [4.69, 9.17) is 18.9 Å². The summed E-state index contributed by atoms with van der Waals surface area (Å²) in [6.07, 6.45) is 1.58. The number of ether oxygens (including phenoxy) is 4. The molecule has 1 heterocycles. The molecule has 0 saturated heterocycles. The largest absolute Gasteiger partial charge is 0.493 e. The van der Waals surface area contributed by atoms with E-state index in [9.17, 15) is 4.79 Å². The van der Waals surface area contributed by atoms with Gasteiger partial charge in [0.05, 0.1) is 44.6 Å². The van der Waals surface area contributed by atoms with Crippen LogP contribution in [0, 0.1) is 6.92 Å². The van der Waals surface area contributed by atoms with Gasteiger partial charge in [0.25, 0.3) is 5.56 Å². The second-order valence-electron chi connectivity index (χ2n) is 6.32. The molecule has 2 aromatic carbocycles. The third-order valence-corrected chi connectivity index (χ3v) is 4.40. The standard InChI is InChI=1S/C22H25N3O5/c1-6-29-18-9-8-15(10-21(18)30-7-2)13-23-25-14(3)24-17-12-20(28-5)19(27-4)11-16(17)22(25)26/h8-13H,6-7H2,1-5H3. The molecule has 0 atom stereocenters. The first-order valence-corrected chi connectivity index (χ1v) is 9.61. The Labute approximate surface area is 174 Å². The molecule has 0 aliphatic carbocycles. The summed E-state index contributed by atoms with van der Waals surface area (Å²) in [5.74, 6) is 2.71. The van der Waals surface area contributed by atoms with Crippen molar-refractivity contribution in [2.75, 3.05) is 27.4 Å². The zero-order valence-corrected chi connectivity index (χ0v) is 17.8. The Balaban J connectivity index is 2.04. The molecule has 0 fully saturated rings. The number of methoxy groups -OCH3 is 2. The molecule has 8 nitrogen and oxygen atoms in total. The molecule has 8 heteroatoms. The van der Waals surface area contributed by atoms with Gasteiger partial charge >= 0.3 is 0 Å². The second kappa shape index (κ2) is 9.30. The van der Waals surface area contributed by atoms with E-state index in [1.165, 1.54) is 18.9 Å². The lowest BCUT2D eigenvalue weighted by Crippen LogP contribution is -2.20. The Morgan fingerprint density at radius 1 is 0.967 bits per heavy atom. The lowest BCUT2D eigenvalue weighted by atomic mass is 10.2. The Bertz CT molecular complexity index is 1140. The zero-order chi connectivity index (χ0) is 21.7. The molecular weight excluding hydrogens is 386 g/mol. The van der Waals surface area contributed by atoms with E-state index in [1.54, 1.807) is 25.3 Å². The fourth-order valence-corrected chi connectivity index (χ4v) is 3.02. The van der Waals surface area contributed by atoms with Crippen LogP contribution in [0.15, 0.2) is 40.2 Å². The van der Waals surface area contributed by atoms with E-state index in [0.29, 0.717) is 52.9 Å². The van der Waals surface area contributed by atoms with Crippen LogP contribution in [0.2, 0.25) is 0 Å². The third kappa shape index (κ3) is 4.22. The Morgan fingerprint density at radius 3 is 2.30 bits per heavy atom. The molecule has 0 aliphatic rings. The van der Waals surface area contributed by atoms with Gasteiger partial charge in [0.2, 0.25) is 0 Å². The highest BCUT2D eigenvalue weighted by Crippen LogP contribution is 2.30. The molecule has 158 valence electrons. The van der Waals surface area contributed by atoms with Gasteiger partial charge in [-0.05, 0) is 50.6 Å². The smallest absolute Gasteiger partial charge is 0.282 e. The number of aryl methyl sites for hydroxylation is 1. The highest BCUT2D eigenvalue weighted by Gasteiger charge is 2.13. The third-order valence-electron chi connectivity index (χ3n) is 4.40. The monoisotopic (exact) mass is 411 g/mol. The van der Waals surface area contributed by atoms with E-state index in [1.807, 2.05) is 32.0 Å². The first-order valence-electron chi connectivity index (χ1n) is 9.61. The van der Waals surface area contributed by atoms with E-state index in [-0.39, 0.29) is 5.56 Å². The minimum absolute atomic E-state index is 0.300. The van der Waals surface area contributed by atoms with E-state index >= 15 is 0 Å². The molecular formula is C22H25N3O5. The Hall–Kier alpha value is -3.55. The summed E-state index contributed by atoms with van der Waals surface area (Å²) in [6, 6.07) is 8.78. The molecule has 0 unspecified atom stereocenters. The summed E-state index contributed by atoms with van der Waals surface area (Å²) in [7, 11) is 3.05. The number of hydrogen-bond donors (Lipinski definition) is 0. The number of nitrogens with zero attached hydrogens (tertiary/aromatic N) is 3. The molecule has 0 saturated carbocycles. The van der Waals surface area contributed by atoms with Crippen LogP contribution >= 0.6 is 0 Å². The van der Waals surface area contributed by atoms with Crippen molar-refractivity contribution < 1.29 is 18.9 Å². The first kappa shape index (κ1) is 21.2. The average molecular weight is 411 g/mol. The summed E-state index contributed by atoms with van der Waals surface area (Å²) in [4.78, 5) is 17.5. The fraction of sp³-hybridized carbons (Fsp3) is 0.318. The maximum absolute atomic E-state index is 13.0. The molecule has 0 N–H and O–H groups in total. The predicted molar refractivity (Wildman–Crippen MR) is 116 cm³/mol. The minimum Gasteiger partial charge on any atom is -0.493 e. The van der Waals surface area contributed by atoms with Crippen LogP contribution in [0.5, 0.6) is 23.0 Å². The summed E-state index contributed by atoms with van der Waals surface area (Å²) in [5.41, 5.74) is 0.979. The molecule has 0 spiro atoms. The summed E-state index contributed by atoms with van der Waals surface area (Å²) < 4.78 is 23.1. The van der Waals surface area contributed by atoms with Gasteiger partial charge in [-0.15, -0.1) is 0 Å². The molecule has 30 heavy (non-hydrogen) atoms. The van der Waals surface area contributed by atoms with Crippen LogP contribution in [-0.2, 0) is 0 Å². The number of aromatic nitrogens is 2. The molecule has 0 amide bonds. The molecule has 3 rings (SSSR count). The normalized spacial score (nSPS) is 11.1. The Morgan fingerprint density at radius 2 is 1.63 bits per heavy atom. The summed E-state index contributed by atoms with van der Waals surface area (Å²) in [6.45, 7) is 6.60. The number of rotatable bonds is 8. The van der Waals surface area contributed by atoms with Crippen molar-refractivity contribution in [2.45, 2.75) is 20.8 Å². The van der Waals surface area contributed by atoms with E-state index in [2.05, 4.69) is 10.1 Å². The van der Waals surface area contributed by atoms with Crippen LogP contribution < -0.4 is 24.5 Å². The Kier molecular flexibility index (Phi) is 6.56. The molecule has 0 aliphatic heterocycles. The molecule has 3 aromatic rings. The maximum atomic E-state index is 13.0. The lowest BCUT2D eigenvalue weighted by molar-refractivity contribution is 0.288. The zero-order valence-electron chi connectivity index (χ0n) is 17.8. The SMILES string of the molecule is CCOc1ccc(C=Nn2c(C)nc3cc(OC)c(OC)cc3c2=O)cc1OCC. The first-order chi connectivity index (χ1) is 14.5. The fourth-order valence-electron chi connectivity index (χ4n) is 3.02. The average Bonchev–Trinajstić information content (AvgIpc) is 2.74. The van der Waals surface area contributed by atoms with Gasteiger partial charge < -0.3 is 18.9 Å². The van der Waals surface area contributed by atoms with Crippen molar-refractivity contribution in [1.29, 1.82) is 0 Å². The van der Waals surface area contributed by atoms with Gasteiger partial charge in [-0.25, -0.2) is 4.98 Å². The maximum Gasteiger partial charge on any atom is 0.282 e. The van der Waals surface area contributed by atoms with Gasteiger partial charge in [0.15, 0.2) is 23.0 Å². The van der Waals surface area contributed by atoms with Crippen LogP contribution in [-0.4, -0.2) is 43.3 Å². The van der Waals surface area contributed by atoms with Gasteiger partial charge in [-0.3, -0.25) is 4.79 Å². The minimum atomic E-state index is -0.300. The topological polar surface area (TPSA) is 84.2 Å². The van der Waals surface area contributed by atoms with E-state index in [0.717, 1.165) is 5.56 Å². The number of fused-ring (bicyclic) bond motifs is 1. The van der Waals surface area contributed by atoms with Gasteiger partial charge in [-0.1, -0.05) is 0 Å². The highest BCUT2D eigenvalue weighted by molar-refractivity contribution is 5.83. The molecule has 1 aromatic heterocycles. The van der Waals surface area contributed by atoms with Gasteiger partial charge in [0.1, 0.15) is 5.82 Å². The highest BCUT2D eigenvalue weighted by atomic mass is 16.5. The summed E-state index contributed by atoms with van der Waals surface area (Å²) >= 11 is 0. The molecule has 0 bridgehead atoms. The van der Waals surface area contributed by atoms with Crippen LogP contribution in [0.1, 0.15) is 25.2 Å². The van der Waals surface area contributed by atoms with Crippen LogP contribution in [0.4, 0.5) is 0 Å². The second-order valence-corrected chi connectivity index (χ2v) is 6.32. The number of benzene rings is 2. The number of hydrogen-bond acceptors (Lipinski definition) is 7.